The summed E-state index contributed by atoms with van der Waals surface area (Å²) in [6.07, 6.45) is -5.51. The quantitative estimate of drug-likeness (QED) is 0.862. The number of hydrogen-bond donors (Lipinski definition) is 2. The largest absolute Gasteiger partial charge is 0.496 e. The van der Waals surface area contributed by atoms with Crippen LogP contribution in [0.4, 0.5) is 13.2 Å². The van der Waals surface area contributed by atoms with Gasteiger partial charge in [-0.3, -0.25) is 0 Å². The van der Waals surface area contributed by atoms with Crippen molar-refractivity contribution in [2.75, 3.05) is 7.11 Å². The van der Waals surface area contributed by atoms with Crippen LogP contribution in [0.15, 0.2) is 18.2 Å². The molecule has 0 unspecified atom stereocenters. The zero-order chi connectivity index (χ0) is 13.2. The van der Waals surface area contributed by atoms with Crippen molar-refractivity contribution in [2.24, 2.45) is 5.73 Å². The fraction of sp³-hybridized carbons (Fsp3) is 0.455. The molecule has 0 saturated carbocycles. The lowest BCUT2D eigenvalue weighted by Gasteiger charge is -2.18. The first-order valence-corrected chi connectivity index (χ1v) is 4.96. The fourth-order valence-corrected chi connectivity index (χ4v) is 1.43. The van der Waals surface area contributed by atoms with Crippen LogP contribution in [0.3, 0.4) is 0 Å². The van der Waals surface area contributed by atoms with Crippen LogP contribution >= 0.6 is 0 Å². The van der Waals surface area contributed by atoms with Gasteiger partial charge in [-0.15, -0.1) is 0 Å². The molecule has 17 heavy (non-hydrogen) atoms. The Labute approximate surface area is 97.0 Å². The van der Waals surface area contributed by atoms with Crippen molar-refractivity contribution in [1.29, 1.82) is 0 Å². The lowest BCUT2D eigenvalue weighted by molar-refractivity contribution is -0.138. The summed E-state index contributed by atoms with van der Waals surface area (Å²) in [6.45, 7) is 1.56. The molecule has 0 amide bonds. The highest BCUT2D eigenvalue weighted by Gasteiger charge is 2.34. The van der Waals surface area contributed by atoms with Crippen molar-refractivity contribution in [2.45, 2.75) is 25.2 Å². The standard InChI is InChI=1S/C11H14F3NO2/c1-6(15)10(16)7-3-4-8(11(12,13)14)9(5-7)17-2/h3-6,10,16H,15H2,1-2H3/t6-,10-/m0/s1. The van der Waals surface area contributed by atoms with Crippen molar-refractivity contribution in [3.8, 4) is 5.75 Å². The third-order valence-corrected chi connectivity index (χ3v) is 2.37. The van der Waals surface area contributed by atoms with Gasteiger partial charge in [0.15, 0.2) is 0 Å². The summed E-state index contributed by atoms with van der Waals surface area (Å²) in [6, 6.07) is 2.65. The number of rotatable bonds is 3. The Morgan fingerprint density at radius 3 is 2.35 bits per heavy atom. The van der Waals surface area contributed by atoms with Gasteiger partial charge in [0, 0.05) is 6.04 Å². The molecule has 0 heterocycles. The van der Waals surface area contributed by atoms with Crippen molar-refractivity contribution < 1.29 is 23.0 Å². The van der Waals surface area contributed by atoms with E-state index >= 15 is 0 Å². The first-order chi connectivity index (χ1) is 7.77. The van der Waals surface area contributed by atoms with Crippen LogP contribution in [0.25, 0.3) is 0 Å². The Hall–Kier alpha value is -1.27. The SMILES string of the molecule is COc1cc([C@@H](O)[C@H](C)N)ccc1C(F)(F)F. The summed E-state index contributed by atoms with van der Waals surface area (Å²) in [7, 11) is 1.15. The Kier molecular flexibility index (Phi) is 4.00. The minimum Gasteiger partial charge on any atom is -0.496 e. The fourth-order valence-electron chi connectivity index (χ4n) is 1.43. The van der Waals surface area contributed by atoms with Gasteiger partial charge >= 0.3 is 6.18 Å². The van der Waals surface area contributed by atoms with E-state index in [4.69, 9.17) is 5.73 Å². The van der Waals surface area contributed by atoms with E-state index < -0.39 is 23.9 Å². The molecule has 0 radical (unpaired) electrons. The molecular weight excluding hydrogens is 235 g/mol. The van der Waals surface area contributed by atoms with Gasteiger partial charge in [0.1, 0.15) is 5.75 Å². The van der Waals surface area contributed by atoms with Gasteiger partial charge in [0.05, 0.1) is 18.8 Å². The first-order valence-electron chi connectivity index (χ1n) is 4.96. The predicted molar refractivity (Wildman–Crippen MR) is 56.6 cm³/mol. The molecule has 0 aliphatic carbocycles. The molecule has 3 N–H and O–H groups in total. The molecule has 6 heteroatoms. The van der Waals surface area contributed by atoms with Crippen molar-refractivity contribution in [3.05, 3.63) is 29.3 Å². The molecule has 0 aliphatic heterocycles. The van der Waals surface area contributed by atoms with Crippen LogP contribution in [0.1, 0.15) is 24.2 Å². The molecule has 96 valence electrons. The van der Waals surface area contributed by atoms with E-state index in [0.29, 0.717) is 5.56 Å². The number of aliphatic hydroxyl groups excluding tert-OH is 1. The van der Waals surface area contributed by atoms with Crippen LogP contribution in [0, 0.1) is 0 Å². The average Bonchev–Trinajstić information content (AvgIpc) is 2.25. The van der Waals surface area contributed by atoms with Crippen molar-refractivity contribution >= 4 is 0 Å². The van der Waals surface area contributed by atoms with Gasteiger partial charge in [-0.2, -0.15) is 13.2 Å². The number of benzene rings is 1. The van der Waals surface area contributed by atoms with E-state index in [-0.39, 0.29) is 5.75 Å². The third kappa shape index (κ3) is 3.10. The van der Waals surface area contributed by atoms with Crippen LogP contribution in [-0.2, 0) is 6.18 Å². The molecule has 0 bridgehead atoms. The van der Waals surface area contributed by atoms with Crippen molar-refractivity contribution in [3.63, 3.8) is 0 Å². The van der Waals surface area contributed by atoms with Gasteiger partial charge in [0.25, 0.3) is 0 Å². The molecule has 1 aromatic carbocycles. The first kappa shape index (κ1) is 13.8. The Bertz CT molecular complexity index is 391. The molecule has 0 saturated heterocycles. The number of aliphatic hydroxyl groups is 1. The summed E-state index contributed by atoms with van der Waals surface area (Å²) in [5.74, 6) is -0.324. The highest BCUT2D eigenvalue weighted by Crippen LogP contribution is 2.37. The Balaban J connectivity index is 3.18. The number of halogens is 3. The van der Waals surface area contributed by atoms with Crippen LogP contribution in [0.5, 0.6) is 5.75 Å². The molecule has 3 nitrogen and oxygen atoms in total. The van der Waals surface area contributed by atoms with E-state index in [1.54, 1.807) is 6.92 Å². The highest BCUT2D eigenvalue weighted by atomic mass is 19.4. The molecular formula is C11H14F3NO2. The predicted octanol–water partition coefficient (Wildman–Crippen LogP) is 2.09. The molecule has 0 fully saturated rings. The lowest BCUT2D eigenvalue weighted by atomic mass is 10.0. The summed E-state index contributed by atoms with van der Waals surface area (Å²) in [5, 5.41) is 9.65. The van der Waals surface area contributed by atoms with Crippen LogP contribution < -0.4 is 10.5 Å². The van der Waals surface area contributed by atoms with E-state index in [1.165, 1.54) is 6.07 Å². The van der Waals surface area contributed by atoms with Crippen molar-refractivity contribution in [1.82, 2.24) is 0 Å². The van der Waals surface area contributed by atoms with E-state index in [0.717, 1.165) is 19.2 Å². The van der Waals surface area contributed by atoms with E-state index in [9.17, 15) is 18.3 Å². The Morgan fingerprint density at radius 1 is 1.35 bits per heavy atom. The molecule has 2 atom stereocenters. The summed E-state index contributed by atoms with van der Waals surface area (Å²) in [4.78, 5) is 0. The maximum atomic E-state index is 12.6. The molecule has 1 aromatic rings. The summed E-state index contributed by atoms with van der Waals surface area (Å²) >= 11 is 0. The second kappa shape index (κ2) is 4.93. The molecule has 0 spiro atoms. The van der Waals surface area contributed by atoms with Crippen LogP contribution in [0.2, 0.25) is 0 Å². The third-order valence-electron chi connectivity index (χ3n) is 2.37. The molecule has 0 aliphatic rings. The number of ether oxygens (including phenoxy) is 1. The number of hydrogen-bond acceptors (Lipinski definition) is 3. The number of alkyl halides is 3. The highest BCUT2D eigenvalue weighted by molar-refractivity contribution is 5.40. The zero-order valence-corrected chi connectivity index (χ0v) is 9.45. The second-order valence-electron chi connectivity index (χ2n) is 3.76. The second-order valence-corrected chi connectivity index (χ2v) is 3.76. The molecule has 0 aromatic heterocycles. The lowest BCUT2D eigenvalue weighted by Crippen LogP contribution is -2.24. The monoisotopic (exact) mass is 249 g/mol. The minimum atomic E-state index is -4.48. The maximum Gasteiger partial charge on any atom is 0.419 e. The van der Waals surface area contributed by atoms with E-state index in [2.05, 4.69) is 4.74 Å². The van der Waals surface area contributed by atoms with E-state index in [1.807, 2.05) is 0 Å². The van der Waals surface area contributed by atoms with Gasteiger partial charge in [0.2, 0.25) is 0 Å². The van der Waals surface area contributed by atoms with Gasteiger partial charge in [-0.25, -0.2) is 0 Å². The molecule has 1 rings (SSSR count). The van der Waals surface area contributed by atoms with Gasteiger partial charge < -0.3 is 15.6 Å². The average molecular weight is 249 g/mol. The number of nitrogens with two attached hydrogens (primary N) is 1. The topological polar surface area (TPSA) is 55.5 Å². The minimum absolute atomic E-state index is 0.296. The maximum absolute atomic E-state index is 12.6. The van der Waals surface area contributed by atoms with Crippen LogP contribution in [-0.4, -0.2) is 18.3 Å². The smallest absolute Gasteiger partial charge is 0.419 e. The Morgan fingerprint density at radius 2 is 1.94 bits per heavy atom. The number of methoxy groups -OCH3 is 1. The summed E-state index contributed by atoms with van der Waals surface area (Å²) in [5.41, 5.74) is 4.89. The zero-order valence-electron chi connectivity index (χ0n) is 9.45. The van der Waals surface area contributed by atoms with Gasteiger partial charge in [-0.05, 0) is 24.6 Å². The van der Waals surface area contributed by atoms with Gasteiger partial charge in [-0.1, -0.05) is 6.07 Å². The summed E-state index contributed by atoms with van der Waals surface area (Å²) < 4.78 is 42.3. The normalized spacial score (nSPS) is 15.5.